The first-order valence-corrected chi connectivity index (χ1v) is 8.24. The molecule has 23 heavy (non-hydrogen) atoms. The second kappa shape index (κ2) is 7.19. The van der Waals surface area contributed by atoms with Crippen molar-refractivity contribution in [2.24, 2.45) is 5.92 Å². The highest BCUT2D eigenvalue weighted by Gasteiger charge is 2.22. The summed E-state index contributed by atoms with van der Waals surface area (Å²) in [6, 6.07) is 12.6. The van der Waals surface area contributed by atoms with Crippen LogP contribution < -0.4 is 5.32 Å². The first kappa shape index (κ1) is 15.4. The zero-order valence-electron chi connectivity index (χ0n) is 13.2. The maximum absolute atomic E-state index is 12.1. The third-order valence-corrected chi connectivity index (χ3v) is 4.42. The topological polar surface area (TPSA) is 61.1 Å². The maximum Gasteiger partial charge on any atom is 0.317 e. The summed E-state index contributed by atoms with van der Waals surface area (Å²) in [4.78, 5) is 13.9. The van der Waals surface area contributed by atoms with Crippen LogP contribution in [0.15, 0.2) is 36.5 Å². The van der Waals surface area contributed by atoms with Crippen LogP contribution in [0.1, 0.15) is 19.3 Å². The normalized spacial score (nSPS) is 17.9. The summed E-state index contributed by atoms with van der Waals surface area (Å²) in [5.41, 5.74) is 1.23. The molecule has 1 N–H and O–H groups in total. The first-order chi connectivity index (χ1) is 11.3. The van der Waals surface area contributed by atoms with Gasteiger partial charge in [-0.15, -0.1) is 0 Å². The molecule has 0 saturated carbocycles. The number of hydrogen-bond acceptors (Lipinski definition) is 2. The highest BCUT2D eigenvalue weighted by Crippen LogP contribution is 2.16. The van der Waals surface area contributed by atoms with Crippen molar-refractivity contribution in [3.8, 4) is 6.07 Å². The molecule has 1 unspecified atom stereocenters. The first-order valence-electron chi connectivity index (χ1n) is 8.24. The minimum Gasteiger partial charge on any atom is -0.347 e. The fraction of sp³-hybridized carbons (Fsp3) is 0.444. The Morgan fingerprint density at radius 1 is 1.35 bits per heavy atom. The van der Waals surface area contributed by atoms with Gasteiger partial charge in [-0.1, -0.05) is 18.2 Å². The summed E-state index contributed by atoms with van der Waals surface area (Å²) in [5, 5.41) is 13.2. The van der Waals surface area contributed by atoms with Crippen molar-refractivity contribution in [2.45, 2.75) is 25.8 Å². The van der Waals surface area contributed by atoms with Crippen molar-refractivity contribution < 1.29 is 4.79 Å². The third kappa shape index (κ3) is 3.65. The number of aryl methyl sites for hydroxylation is 1. The van der Waals surface area contributed by atoms with Crippen LogP contribution in [0.2, 0.25) is 0 Å². The van der Waals surface area contributed by atoms with E-state index < -0.39 is 0 Å². The van der Waals surface area contributed by atoms with Crippen LogP contribution in [-0.2, 0) is 6.54 Å². The van der Waals surface area contributed by atoms with E-state index in [-0.39, 0.29) is 11.9 Å². The third-order valence-electron chi connectivity index (χ3n) is 4.42. The van der Waals surface area contributed by atoms with E-state index >= 15 is 0 Å². The summed E-state index contributed by atoms with van der Waals surface area (Å²) in [5.74, 6) is -0.0132. The molecule has 1 aromatic heterocycles. The number of nitriles is 1. The highest BCUT2D eigenvalue weighted by molar-refractivity contribution is 5.79. The summed E-state index contributed by atoms with van der Waals surface area (Å²) < 4.78 is 2.22. The number of hydrogen-bond donors (Lipinski definition) is 1. The lowest BCUT2D eigenvalue weighted by atomic mass is 10.0. The van der Waals surface area contributed by atoms with E-state index in [2.05, 4.69) is 40.3 Å². The minimum atomic E-state index is -0.0395. The van der Waals surface area contributed by atoms with E-state index in [4.69, 9.17) is 5.26 Å². The van der Waals surface area contributed by atoms with Crippen LogP contribution in [0.5, 0.6) is 0 Å². The molecule has 0 spiro atoms. The molecule has 1 saturated heterocycles. The number of carbonyl (C=O) groups excluding carboxylic acids is 1. The van der Waals surface area contributed by atoms with Gasteiger partial charge >= 0.3 is 6.03 Å². The Balaban J connectivity index is 1.44. The Bertz CT molecular complexity index is 715. The van der Waals surface area contributed by atoms with E-state index in [1.165, 1.54) is 10.9 Å². The van der Waals surface area contributed by atoms with Crippen molar-refractivity contribution in [3.05, 3.63) is 36.5 Å². The van der Waals surface area contributed by atoms with Crippen LogP contribution in [0, 0.1) is 17.2 Å². The molecular formula is C18H22N4O. The molecule has 2 aromatic rings. The molecule has 5 heteroatoms. The molecule has 3 rings (SSSR count). The van der Waals surface area contributed by atoms with Crippen molar-refractivity contribution in [2.75, 3.05) is 19.6 Å². The van der Waals surface area contributed by atoms with Gasteiger partial charge in [0.2, 0.25) is 0 Å². The minimum absolute atomic E-state index is 0.0132. The summed E-state index contributed by atoms with van der Waals surface area (Å²) in [7, 11) is 0. The number of benzene rings is 1. The number of piperidine rings is 1. The summed E-state index contributed by atoms with van der Waals surface area (Å²) in [6.07, 6.45) is 4.80. The lowest BCUT2D eigenvalue weighted by molar-refractivity contribution is 0.176. The number of rotatable bonds is 4. The van der Waals surface area contributed by atoms with Gasteiger partial charge in [0.25, 0.3) is 0 Å². The smallest absolute Gasteiger partial charge is 0.317 e. The Morgan fingerprint density at radius 3 is 3.09 bits per heavy atom. The van der Waals surface area contributed by atoms with Crippen LogP contribution >= 0.6 is 0 Å². The van der Waals surface area contributed by atoms with Crippen LogP contribution in [-0.4, -0.2) is 35.1 Å². The molecule has 0 radical (unpaired) electrons. The summed E-state index contributed by atoms with van der Waals surface area (Å²) in [6.45, 7) is 2.85. The number of aromatic nitrogens is 1. The van der Waals surface area contributed by atoms with Crippen LogP contribution in [0.4, 0.5) is 4.79 Å². The Hall–Kier alpha value is -2.48. The largest absolute Gasteiger partial charge is 0.347 e. The molecular weight excluding hydrogens is 288 g/mol. The monoisotopic (exact) mass is 310 g/mol. The number of amides is 2. The van der Waals surface area contributed by atoms with E-state index in [1.54, 1.807) is 4.90 Å². The standard InChI is InChI=1S/C18H22N4O/c19-13-15-5-3-10-22(14-15)18(23)20-9-4-11-21-12-8-16-6-1-2-7-17(16)21/h1-2,6-8,12,15H,3-5,9-11,14H2,(H,20,23). The van der Waals surface area contributed by atoms with Crippen molar-refractivity contribution in [1.29, 1.82) is 5.26 Å². The van der Waals surface area contributed by atoms with Crippen LogP contribution in [0.3, 0.4) is 0 Å². The molecule has 5 nitrogen and oxygen atoms in total. The highest BCUT2D eigenvalue weighted by atomic mass is 16.2. The van der Waals surface area contributed by atoms with E-state index in [1.807, 2.05) is 12.1 Å². The number of likely N-dealkylation sites (tertiary alicyclic amines) is 1. The molecule has 120 valence electrons. The van der Waals surface area contributed by atoms with E-state index in [9.17, 15) is 4.79 Å². The fourth-order valence-corrected chi connectivity index (χ4v) is 3.16. The van der Waals surface area contributed by atoms with Gasteiger partial charge in [-0.05, 0) is 36.8 Å². The number of nitrogens with one attached hydrogen (secondary N) is 1. The van der Waals surface area contributed by atoms with E-state index in [0.29, 0.717) is 13.1 Å². The molecule has 2 heterocycles. The summed E-state index contributed by atoms with van der Waals surface area (Å²) >= 11 is 0. The lowest BCUT2D eigenvalue weighted by Crippen LogP contribution is -2.45. The molecule has 0 aliphatic carbocycles. The van der Waals surface area contributed by atoms with Gasteiger partial charge in [0.05, 0.1) is 12.0 Å². The number of carbonyl (C=O) groups is 1. The van der Waals surface area contributed by atoms with Gasteiger partial charge in [-0.2, -0.15) is 5.26 Å². The second-order valence-electron chi connectivity index (χ2n) is 6.07. The van der Waals surface area contributed by atoms with Crippen molar-refractivity contribution in [1.82, 2.24) is 14.8 Å². The molecule has 1 aromatic carbocycles. The lowest BCUT2D eigenvalue weighted by Gasteiger charge is -2.29. The number of para-hydroxylation sites is 1. The fourth-order valence-electron chi connectivity index (χ4n) is 3.16. The predicted octanol–water partition coefficient (Wildman–Crippen LogP) is 2.98. The van der Waals surface area contributed by atoms with Gasteiger partial charge in [-0.3, -0.25) is 0 Å². The maximum atomic E-state index is 12.1. The molecule has 0 bridgehead atoms. The molecule has 1 atom stereocenters. The molecule has 1 fully saturated rings. The number of nitrogens with zero attached hydrogens (tertiary/aromatic N) is 3. The quantitative estimate of drug-likeness (QED) is 0.883. The predicted molar refractivity (Wildman–Crippen MR) is 89.9 cm³/mol. The molecule has 1 aliphatic rings. The van der Waals surface area contributed by atoms with Gasteiger partial charge < -0.3 is 14.8 Å². The van der Waals surface area contributed by atoms with Gasteiger partial charge in [-0.25, -0.2) is 4.79 Å². The van der Waals surface area contributed by atoms with E-state index in [0.717, 1.165) is 32.4 Å². The van der Waals surface area contributed by atoms with Gasteiger partial charge in [0.15, 0.2) is 0 Å². The average Bonchev–Trinajstić information content (AvgIpc) is 3.02. The van der Waals surface area contributed by atoms with Gasteiger partial charge in [0.1, 0.15) is 0 Å². The zero-order valence-corrected chi connectivity index (χ0v) is 13.2. The SMILES string of the molecule is N#CC1CCCN(C(=O)NCCCn2ccc3ccccc32)C1. The molecule has 1 aliphatic heterocycles. The zero-order chi connectivity index (χ0) is 16.1. The van der Waals surface area contributed by atoms with Crippen LogP contribution in [0.25, 0.3) is 10.9 Å². The number of urea groups is 1. The van der Waals surface area contributed by atoms with Crippen molar-refractivity contribution >= 4 is 16.9 Å². The van der Waals surface area contributed by atoms with Crippen molar-refractivity contribution in [3.63, 3.8) is 0 Å². The Kier molecular flexibility index (Phi) is 4.82. The van der Waals surface area contributed by atoms with Gasteiger partial charge in [0, 0.05) is 37.9 Å². The Morgan fingerprint density at radius 2 is 2.22 bits per heavy atom. The average molecular weight is 310 g/mol. The number of fused-ring (bicyclic) bond motifs is 1. The second-order valence-corrected chi connectivity index (χ2v) is 6.07. The molecule has 2 amide bonds. The Labute approximate surface area is 136 Å².